The third-order valence-electron chi connectivity index (χ3n) is 2.07. The van der Waals surface area contributed by atoms with Crippen LogP contribution < -0.4 is 0 Å². The predicted molar refractivity (Wildman–Crippen MR) is 51.8 cm³/mol. The number of carbonyl (C=O) groups is 2. The number of carbonyl (C=O) groups excluding carboxylic acids is 1. The molecule has 0 saturated heterocycles. The Labute approximate surface area is 84.3 Å². The fraction of sp³-hybridized carbons (Fsp3) is 0.800. The van der Waals surface area contributed by atoms with Crippen LogP contribution in [0.25, 0.3) is 0 Å². The van der Waals surface area contributed by atoms with E-state index in [-0.39, 0.29) is 5.92 Å². The van der Waals surface area contributed by atoms with Crippen LogP contribution in [0.1, 0.15) is 27.7 Å². The molecule has 0 aromatic rings. The highest BCUT2D eigenvalue weighted by molar-refractivity contribution is 5.80. The summed E-state index contributed by atoms with van der Waals surface area (Å²) >= 11 is 0. The largest absolute Gasteiger partial charge is 0.481 e. The highest BCUT2D eigenvalue weighted by Gasteiger charge is 2.26. The second-order valence-electron chi connectivity index (χ2n) is 3.94. The highest BCUT2D eigenvalue weighted by Crippen LogP contribution is 2.13. The van der Waals surface area contributed by atoms with Crippen LogP contribution in [0.15, 0.2) is 0 Å². The van der Waals surface area contributed by atoms with Crippen LogP contribution in [0.5, 0.6) is 0 Å². The molecule has 0 bridgehead atoms. The maximum atomic E-state index is 11.3. The van der Waals surface area contributed by atoms with Crippen molar-refractivity contribution in [2.75, 3.05) is 6.61 Å². The van der Waals surface area contributed by atoms with Crippen molar-refractivity contribution in [2.24, 2.45) is 17.8 Å². The van der Waals surface area contributed by atoms with Gasteiger partial charge in [-0.2, -0.15) is 0 Å². The Morgan fingerprint density at radius 2 is 1.64 bits per heavy atom. The van der Waals surface area contributed by atoms with Crippen molar-refractivity contribution in [1.29, 1.82) is 0 Å². The van der Waals surface area contributed by atoms with Crippen molar-refractivity contribution in [1.82, 2.24) is 0 Å². The van der Waals surface area contributed by atoms with Gasteiger partial charge in [0, 0.05) is 0 Å². The first-order valence-corrected chi connectivity index (χ1v) is 4.75. The SMILES string of the molecule is CC(C)COC(=O)[C@H](C)[C@H](C)C(=O)O. The molecule has 0 aliphatic rings. The summed E-state index contributed by atoms with van der Waals surface area (Å²) in [5.74, 6) is -2.43. The number of ether oxygens (including phenoxy) is 1. The van der Waals surface area contributed by atoms with Crippen molar-refractivity contribution in [3.05, 3.63) is 0 Å². The molecule has 4 nitrogen and oxygen atoms in total. The van der Waals surface area contributed by atoms with E-state index in [1.807, 2.05) is 13.8 Å². The maximum Gasteiger partial charge on any atom is 0.309 e. The molecule has 0 unspecified atom stereocenters. The molecule has 0 aromatic carbocycles. The van der Waals surface area contributed by atoms with Gasteiger partial charge in [0.25, 0.3) is 0 Å². The summed E-state index contributed by atoms with van der Waals surface area (Å²) in [7, 11) is 0. The van der Waals surface area contributed by atoms with Gasteiger partial charge in [0.1, 0.15) is 0 Å². The van der Waals surface area contributed by atoms with Crippen LogP contribution in [0.3, 0.4) is 0 Å². The Balaban J connectivity index is 4.05. The molecule has 1 N–H and O–H groups in total. The summed E-state index contributed by atoms with van der Waals surface area (Å²) < 4.78 is 4.93. The minimum atomic E-state index is -0.973. The van der Waals surface area contributed by atoms with Crippen molar-refractivity contribution in [3.63, 3.8) is 0 Å². The van der Waals surface area contributed by atoms with Gasteiger partial charge in [0.2, 0.25) is 0 Å². The normalized spacial score (nSPS) is 14.9. The molecule has 0 rings (SSSR count). The Bertz CT molecular complexity index is 210. The van der Waals surface area contributed by atoms with E-state index in [0.29, 0.717) is 6.61 Å². The monoisotopic (exact) mass is 202 g/mol. The van der Waals surface area contributed by atoms with E-state index in [2.05, 4.69) is 0 Å². The van der Waals surface area contributed by atoms with Crippen LogP contribution in [0, 0.1) is 17.8 Å². The zero-order chi connectivity index (χ0) is 11.3. The minimum Gasteiger partial charge on any atom is -0.481 e. The number of esters is 1. The zero-order valence-electron chi connectivity index (χ0n) is 9.11. The van der Waals surface area contributed by atoms with Crippen molar-refractivity contribution < 1.29 is 19.4 Å². The van der Waals surface area contributed by atoms with E-state index in [1.54, 1.807) is 6.92 Å². The van der Waals surface area contributed by atoms with Crippen LogP contribution in [0.4, 0.5) is 0 Å². The standard InChI is InChI=1S/C10H18O4/c1-6(2)5-14-10(13)8(4)7(3)9(11)12/h6-8H,5H2,1-4H3,(H,11,12)/t7-,8+/m0/s1. The van der Waals surface area contributed by atoms with Crippen LogP contribution in [-0.2, 0) is 14.3 Å². The van der Waals surface area contributed by atoms with Gasteiger partial charge < -0.3 is 9.84 Å². The van der Waals surface area contributed by atoms with Gasteiger partial charge in [-0.25, -0.2) is 0 Å². The predicted octanol–water partition coefficient (Wildman–Crippen LogP) is 1.54. The van der Waals surface area contributed by atoms with Crippen molar-refractivity contribution in [3.8, 4) is 0 Å². The van der Waals surface area contributed by atoms with E-state index in [9.17, 15) is 9.59 Å². The molecule has 0 fully saturated rings. The summed E-state index contributed by atoms with van der Waals surface area (Å²) in [6, 6.07) is 0. The molecule has 0 aliphatic carbocycles. The zero-order valence-corrected chi connectivity index (χ0v) is 9.11. The molecular weight excluding hydrogens is 184 g/mol. The summed E-state index contributed by atoms with van der Waals surface area (Å²) in [5, 5.41) is 8.67. The maximum absolute atomic E-state index is 11.3. The van der Waals surface area contributed by atoms with E-state index in [1.165, 1.54) is 6.92 Å². The summed E-state index contributed by atoms with van der Waals surface area (Å²) in [5.41, 5.74) is 0. The Morgan fingerprint density at radius 3 is 2.00 bits per heavy atom. The van der Waals surface area contributed by atoms with E-state index in [4.69, 9.17) is 9.84 Å². The van der Waals surface area contributed by atoms with Gasteiger partial charge in [0.15, 0.2) is 0 Å². The van der Waals surface area contributed by atoms with Gasteiger partial charge >= 0.3 is 11.9 Å². The molecule has 0 spiro atoms. The minimum absolute atomic E-state index is 0.270. The second kappa shape index (κ2) is 5.62. The Kier molecular flexibility index (Phi) is 5.20. The third-order valence-corrected chi connectivity index (χ3v) is 2.07. The summed E-state index contributed by atoms with van der Waals surface area (Å²) in [4.78, 5) is 21.9. The van der Waals surface area contributed by atoms with Crippen LogP contribution in [0.2, 0.25) is 0 Å². The summed E-state index contributed by atoms with van der Waals surface area (Å²) in [6.07, 6.45) is 0. The fourth-order valence-corrected chi connectivity index (χ4v) is 0.798. The van der Waals surface area contributed by atoms with Crippen molar-refractivity contribution >= 4 is 11.9 Å². The number of aliphatic carboxylic acids is 1. The quantitative estimate of drug-likeness (QED) is 0.687. The lowest BCUT2D eigenvalue weighted by Crippen LogP contribution is -2.27. The van der Waals surface area contributed by atoms with Crippen LogP contribution in [-0.4, -0.2) is 23.7 Å². The molecule has 0 amide bonds. The molecule has 0 heterocycles. The van der Waals surface area contributed by atoms with Gasteiger partial charge in [-0.3, -0.25) is 9.59 Å². The first-order valence-electron chi connectivity index (χ1n) is 4.75. The van der Waals surface area contributed by atoms with Crippen LogP contribution >= 0.6 is 0 Å². The number of hydrogen-bond donors (Lipinski definition) is 1. The van der Waals surface area contributed by atoms with Gasteiger partial charge in [-0.1, -0.05) is 27.7 Å². The second-order valence-corrected chi connectivity index (χ2v) is 3.94. The fourth-order valence-electron chi connectivity index (χ4n) is 0.798. The van der Waals surface area contributed by atoms with E-state index in [0.717, 1.165) is 0 Å². The first-order chi connectivity index (χ1) is 6.36. The lowest BCUT2D eigenvalue weighted by atomic mass is 9.96. The molecular formula is C10H18O4. The molecule has 14 heavy (non-hydrogen) atoms. The first kappa shape index (κ1) is 12.9. The molecule has 0 aromatic heterocycles. The van der Waals surface area contributed by atoms with Gasteiger partial charge in [-0.05, 0) is 5.92 Å². The van der Waals surface area contributed by atoms with Gasteiger partial charge in [0.05, 0.1) is 18.4 Å². The lowest BCUT2D eigenvalue weighted by Gasteiger charge is -2.15. The van der Waals surface area contributed by atoms with E-state index < -0.39 is 23.8 Å². The third kappa shape index (κ3) is 4.25. The highest BCUT2D eigenvalue weighted by atomic mass is 16.5. The molecule has 82 valence electrons. The number of rotatable bonds is 5. The summed E-state index contributed by atoms with van der Waals surface area (Å²) in [6.45, 7) is 7.28. The average molecular weight is 202 g/mol. The Hall–Kier alpha value is -1.06. The van der Waals surface area contributed by atoms with Gasteiger partial charge in [-0.15, -0.1) is 0 Å². The lowest BCUT2D eigenvalue weighted by molar-refractivity contribution is -0.157. The number of carboxylic acid groups (broad SMARTS) is 1. The van der Waals surface area contributed by atoms with Crippen molar-refractivity contribution in [2.45, 2.75) is 27.7 Å². The van der Waals surface area contributed by atoms with E-state index >= 15 is 0 Å². The molecule has 4 heteroatoms. The smallest absolute Gasteiger partial charge is 0.309 e. The average Bonchev–Trinajstić information content (AvgIpc) is 2.11. The Morgan fingerprint density at radius 1 is 1.14 bits per heavy atom. The number of carboxylic acids is 1. The molecule has 0 saturated carbocycles. The molecule has 2 atom stereocenters. The molecule has 0 aliphatic heterocycles. The molecule has 0 radical (unpaired) electrons. The topological polar surface area (TPSA) is 63.6 Å². The number of hydrogen-bond acceptors (Lipinski definition) is 3.